The van der Waals surface area contributed by atoms with Gasteiger partial charge in [-0.15, -0.1) is 0 Å². The van der Waals surface area contributed by atoms with Gasteiger partial charge in [-0.2, -0.15) is 0 Å². The standard InChI is InChI=1S/C15H25N3/c1-5-15(7-6-8-15)10-16-13-9-12(4)17-14(18-13)11(2)3/h9,11H,5-8,10H2,1-4H3,(H,16,17,18). The summed E-state index contributed by atoms with van der Waals surface area (Å²) < 4.78 is 0. The molecule has 0 spiro atoms. The Balaban J connectivity index is 2.05. The first kappa shape index (κ1) is 13.3. The SMILES string of the molecule is CCC1(CNc2cc(C)nc(C(C)C)n2)CCC1. The highest BCUT2D eigenvalue weighted by atomic mass is 15.0. The van der Waals surface area contributed by atoms with Crippen LogP contribution in [0.2, 0.25) is 0 Å². The van der Waals surface area contributed by atoms with Crippen molar-refractivity contribution in [1.82, 2.24) is 9.97 Å². The van der Waals surface area contributed by atoms with Crippen molar-refractivity contribution < 1.29 is 0 Å². The van der Waals surface area contributed by atoms with Crippen molar-refractivity contribution in [3.05, 3.63) is 17.6 Å². The molecule has 0 amide bonds. The second-order valence-corrected chi connectivity index (χ2v) is 5.97. The molecule has 1 N–H and O–H groups in total. The van der Waals surface area contributed by atoms with E-state index in [4.69, 9.17) is 0 Å². The van der Waals surface area contributed by atoms with E-state index in [1.807, 2.05) is 13.0 Å². The lowest BCUT2D eigenvalue weighted by atomic mass is 9.67. The number of hydrogen-bond donors (Lipinski definition) is 1. The van der Waals surface area contributed by atoms with E-state index in [2.05, 4.69) is 36.1 Å². The Bertz CT molecular complexity index is 403. The molecule has 0 bridgehead atoms. The van der Waals surface area contributed by atoms with Gasteiger partial charge >= 0.3 is 0 Å². The minimum Gasteiger partial charge on any atom is -0.369 e. The van der Waals surface area contributed by atoms with Crippen LogP contribution in [0.15, 0.2) is 6.07 Å². The van der Waals surface area contributed by atoms with Gasteiger partial charge in [-0.3, -0.25) is 0 Å². The lowest BCUT2D eigenvalue weighted by Crippen LogP contribution is -2.36. The largest absolute Gasteiger partial charge is 0.369 e. The van der Waals surface area contributed by atoms with Gasteiger partial charge in [0.05, 0.1) is 0 Å². The fourth-order valence-corrected chi connectivity index (χ4v) is 2.55. The highest BCUT2D eigenvalue weighted by Gasteiger charge is 2.34. The van der Waals surface area contributed by atoms with Gasteiger partial charge in [-0.1, -0.05) is 27.2 Å². The second-order valence-electron chi connectivity index (χ2n) is 5.97. The van der Waals surface area contributed by atoms with Crippen LogP contribution in [0.1, 0.15) is 63.9 Å². The quantitative estimate of drug-likeness (QED) is 0.857. The summed E-state index contributed by atoms with van der Waals surface area (Å²) in [5.74, 6) is 2.32. The fraction of sp³-hybridized carbons (Fsp3) is 0.733. The zero-order valence-corrected chi connectivity index (χ0v) is 12.1. The second kappa shape index (κ2) is 5.25. The molecule has 3 nitrogen and oxygen atoms in total. The first-order valence-electron chi connectivity index (χ1n) is 7.14. The third-order valence-electron chi connectivity index (χ3n) is 4.20. The molecule has 0 atom stereocenters. The maximum Gasteiger partial charge on any atom is 0.133 e. The minimum absolute atomic E-state index is 0.384. The molecule has 0 unspecified atom stereocenters. The molecule has 0 radical (unpaired) electrons. The summed E-state index contributed by atoms with van der Waals surface area (Å²) in [5, 5.41) is 3.52. The highest BCUT2D eigenvalue weighted by Crippen LogP contribution is 2.43. The van der Waals surface area contributed by atoms with Crippen LogP contribution < -0.4 is 5.32 Å². The van der Waals surface area contributed by atoms with E-state index in [1.165, 1.54) is 25.7 Å². The molecule has 1 aromatic heterocycles. The van der Waals surface area contributed by atoms with Crippen LogP contribution in [0.4, 0.5) is 5.82 Å². The van der Waals surface area contributed by atoms with E-state index in [1.54, 1.807) is 0 Å². The smallest absolute Gasteiger partial charge is 0.133 e. The summed E-state index contributed by atoms with van der Waals surface area (Å²) in [6, 6.07) is 2.05. The van der Waals surface area contributed by atoms with Crippen molar-refractivity contribution in [2.24, 2.45) is 5.41 Å². The Kier molecular flexibility index (Phi) is 3.88. The van der Waals surface area contributed by atoms with Gasteiger partial charge in [-0.25, -0.2) is 9.97 Å². The third-order valence-corrected chi connectivity index (χ3v) is 4.20. The van der Waals surface area contributed by atoms with E-state index < -0.39 is 0 Å². The summed E-state index contributed by atoms with van der Waals surface area (Å²) in [6.45, 7) is 9.66. The Morgan fingerprint density at radius 1 is 1.33 bits per heavy atom. The van der Waals surface area contributed by atoms with Crippen molar-refractivity contribution in [1.29, 1.82) is 0 Å². The first-order valence-corrected chi connectivity index (χ1v) is 7.14. The van der Waals surface area contributed by atoms with Gasteiger partial charge < -0.3 is 5.32 Å². The zero-order valence-electron chi connectivity index (χ0n) is 12.1. The maximum atomic E-state index is 4.61. The van der Waals surface area contributed by atoms with E-state index in [0.717, 1.165) is 23.9 Å². The average molecular weight is 247 g/mol. The number of aromatic nitrogens is 2. The van der Waals surface area contributed by atoms with Gasteiger partial charge in [0.15, 0.2) is 0 Å². The van der Waals surface area contributed by atoms with Crippen LogP contribution in [0, 0.1) is 12.3 Å². The predicted octanol–water partition coefficient (Wildman–Crippen LogP) is 3.90. The predicted molar refractivity (Wildman–Crippen MR) is 75.9 cm³/mol. The lowest BCUT2D eigenvalue weighted by Gasteiger charge is -2.41. The summed E-state index contributed by atoms with van der Waals surface area (Å²) in [4.78, 5) is 9.09. The van der Waals surface area contributed by atoms with Crippen LogP contribution in [0.5, 0.6) is 0 Å². The molecule has 2 rings (SSSR count). The van der Waals surface area contributed by atoms with Gasteiger partial charge in [0.2, 0.25) is 0 Å². The summed E-state index contributed by atoms with van der Waals surface area (Å²) in [5.41, 5.74) is 1.58. The average Bonchev–Trinajstić information content (AvgIpc) is 2.27. The monoisotopic (exact) mass is 247 g/mol. The van der Waals surface area contributed by atoms with E-state index >= 15 is 0 Å². The van der Waals surface area contributed by atoms with Crippen LogP contribution in [-0.2, 0) is 0 Å². The van der Waals surface area contributed by atoms with Crippen LogP contribution in [-0.4, -0.2) is 16.5 Å². The molecule has 1 saturated carbocycles. The van der Waals surface area contributed by atoms with E-state index in [0.29, 0.717) is 11.3 Å². The molecule has 0 aliphatic heterocycles. The number of rotatable bonds is 5. The lowest BCUT2D eigenvalue weighted by molar-refractivity contribution is 0.145. The Morgan fingerprint density at radius 2 is 2.06 bits per heavy atom. The van der Waals surface area contributed by atoms with Crippen LogP contribution >= 0.6 is 0 Å². The number of anilines is 1. The molecule has 0 aromatic carbocycles. The number of nitrogens with zero attached hydrogens (tertiary/aromatic N) is 2. The topological polar surface area (TPSA) is 37.8 Å². The molecule has 1 fully saturated rings. The highest BCUT2D eigenvalue weighted by molar-refractivity contribution is 5.36. The Morgan fingerprint density at radius 3 is 2.56 bits per heavy atom. The number of nitrogens with one attached hydrogen (secondary N) is 1. The molecular weight excluding hydrogens is 222 g/mol. The molecule has 0 saturated heterocycles. The van der Waals surface area contributed by atoms with E-state index in [9.17, 15) is 0 Å². The molecule has 100 valence electrons. The van der Waals surface area contributed by atoms with Crippen molar-refractivity contribution in [3.8, 4) is 0 Å². The molecule has 1 aromatic rings. The molecule has 1 aliphatic carbocycles. The van der Waals surface area contributed by atoms with Crippen LogP contribution in [0.3, 0.4) is 0 Å². The fourth-order valence-electron chi connectivity index (χ4n) is 2.55. The molecule has 3 heteroatoms. The van der Waals surface area contributed by atoms with Crippen molar-refractivity contribution in [2.75, 3.05) is 11.9 Å². The Hall–Kier alpha value is -1.12. The minimum atomic E-state index is 0.384. The summed E-state index contributed by atoms with van der Waals surface area (Å²) >= 11 is 0. The van der Waals surface area contributed by atoms with Gasteiger partial charge in [0.25, 0.3) is 0 Å². The van der Waals surface area contributed by atoms with Gasteiger partial charge in [-0.05, 0) is 31.6 Å². The molecule has 1 aliphatic rings. The van der Waals surface area contributed by atoms with Gasteiger partial charge in [0, 0.05) is 24.2 Å². The van der Waals surface area contributed by atoms with Crippen molar-refractivity contribution in [3.63, 3.8) is 0 Å². The van der Waals surface area contributed by atoms with Crippen molar-refractivity contribution in [2.45, 2.75) is 59.3 Å². The molecule has 18 heavy (non-hydrogen) atoms. The van der Waals surface area contributed by atoms with Gasteiger partial charge in [0.1, 0.15) is 11.6 Å². The zero-order chi connectivity index (χ0) is 13.2. The Labute approximate surface area is 110 Å². The summed E-state index contributed by atoms with van der Waals surface area (Å²) in [7, 11) is 0. The first-order chi connectivity index (χ1) is 8.54. The summed E-state index contributed by atoms with van der Waals surface area (Å²) in [6.07, 6.45) is 5.37. The third kappa shape index (κ3) is 2.82. The maximum absolute atomic E-state index is 4.61. The number of hydrogen-bond acceptors (Lipinski definition) is 3. The number of aryl methyl sites for hydroxylation is 1. The molecular formula is C15H25N3. The normalized spacial score (nSPS) is 17.6. The van der Waals surface area contributed by atoms with Crippen molar-refractivity contribution >= 4 is 5.82 Å². The molecule has 1 heterocycles. The van der Waals surface area contributed by atoms with Crippen LogP contribution in [0.25, 0.3) is 0 Å². The van der Waals surface area contributed by atoms with E-state index in [-0.39, 0.29) is 0 Å².